The summed E-state index contributed by atoms with van der Waals surface area (Å²) in [7, 11) is 1.90. The van der Waals surface area contributed by atoms with Crippen LogP contribution in [0.5, 0.6) is 0 Å². The van der Waals surface area contributed by atoms with Crippen LogP contribution < -0.4 is 4.90 Å². The first-order valence-electron chi connectivity index (χ1n) is 6.36. The largest absolute Gasteiger partial charge is 0.481 e. The highest BCUT2D eigenvalue weighted by atomic mass is 32.1. The summed E-state index contributed by atoms with van der Waals surface area (Å²) in [5, 5.41) is 18.9. The molecule has 1 aliphatic carbocycles. The zero-order chi connectivity index (χ0) is 14.0. The molecule has 6 heteroatoms. The molecule has 2 rings (SSSR count). The lowest BCUT2D eigenvalue weighted by Crippen LogP contribution is -2.23. The zero-order valence-corrected chi connectivity index (χ0v) is 11.9. The van der Waals surface area contributed by atoms with Crippen molar-refractivity contribution in [1.29, 1.82) is 5.26 Å². The number of carboxylic acid groups (broad SMARTS) is 1. The lowest BCUT2D eigenvalue weighted by atomic mass is 9.91. The fourth-order valence-corrected chi connectivity index (χ4v) is 3.47. The summed E-state index contributed by atoms with van der Waals surface area (Å²) in [6.07, 6.45) is 2.49. The molecule has 0 saturated carbocycles. The van der Waals surface area contributed by atoms with E-state index >= 15 is 0 Å². The third-order valence-corrected chi connectivity index (χ3v) is 4.58. The third kappa shape index (κ3) is 2.87. The molecule has 2 unspecified atom stereocenters. The van der Waals surface area contributed by atoms with Crippen molar-refractivity contribution in [2.24, 2.45) is 5.92 Å². The maximum Gasteiger partial charge on any atom is 0.312 e. The molecule has 0 radical (unpaired) electrons. The van der Waals surface area contributed by atoms with Gasteiger partial charge in [-0.1, -0.05) is 0 Å². The van der Waals surface area contributed by atoms with Crippen LogP contribution in [0.2, 0.25) is 0 Å². The van der Waals surface area contributed by atoms with E-state index in [9.17, 15) is 9.90 Å². The highest BCUT2D eigenvalue weighted by Crippen LogP contribution is 2.37. The van der Waals surface area contributed by atoms with Crippen molar-refractivity contribution in [3.05, 3.63) is 10.6 Å². The van der Waals surface area contributed by atoms with Gasteiger partial charge in [-0.3, -0.25) is 4.79 Å². The van der Waals surface area contributed by atoms with Crippen LogP contribution in [0.3, 0.4) is 0 Å². The average molecular weight is 279 g/mol. The topological polar surface area (TPSA) is 77.2 Å². The SMILES string of the molecule is CC(C#N)CN(C)c1nc2c(s1)CCCC2C(=O)O. The Morgan fingerprint density at radius 2 is 2.47 bits per heavy atom. The normalized spacial score (nSPS) is 19.3. The van der Waals surface area contributed by atoms with E-state index in [1.165, 1.54) is 0 Å². The van der Waals surface area contributed by atoms with Crippen molar-refractivity contribution in [3.63, 3.8) is 0 Å². The van der Waals surface area contributed by atoms with Crippen LogP contribution >= 0.6 is 11.3 Å². The van der Waals surface area contributed by atoms with Gasteiger partial charge in [-0.25, -0.2) is 4.98 Å². The smallest absolute Gasteiger partial charge is 0.312 e. The number of aliphatic carboxylic acids is 1. The number of aryl methyl sites for hydroxylation is 1. The number of carbonyl (C=O) groups is 1. The summed E-state index contributed by atoms with van der Waals surface area (Å²) in [4.78, 5) is 18.8. The summed E-state index contributed by atoms with van der Waals surface area (Å²) in [5.74, 6) is -1.32. The van der Waals surface area contributed by atoms with Crippen molar-refractivity contribution < 1.29 is 9.90 Å². The average Bonchev–Trinajstić information content (AvgIpc) is 2.81. The summed E-state index contributed by atoms with van der Waals surface area (Å²) < 4.78 is 0. The third-order valence-electron chi connectivity index (χ3n) is 3.34. The van der Waals surface area contributed by atoms with Crippen molar-refractivity contribution in [2.45, 2.75) is 32.1 Å². The number of rotatable bonds is 4. The lowest BCUT2D eigenvalue weighted by molar-refractivity contribution is -0.139. The summed E-state index contributed by atoms with van der Waals surface area (Å²) in [6.45, 7) is 2.48. The van der Waals surface area contributed by atoms with Crippen LogP contribution in [-0.2, 0) is 11.2 Å². The van der Waals surface area contributed by atoms with Gasteiger partial charge in [0.2, 0.25) is 0 Å². The van der Waals surface area contributed by atoms with Crippen molar-refractivity contribution in [3.8, 4) is 6.07 Å². The van der Waals surface area contributed by atoms with Crippen LogP contribution in [0, 0.1) is 17.2 Å². The molecule has 1 heterocycles. The maximum atomic E-state index is 11.2. The predicted octanol–water partition coefficient (Wildman–Crippen LogP) is 2.24. The minimum Gasteiger partial charge on any atom is -0.481 e. The number of thiazole rings is 1. The van der Waals surface area contributed by atoms with Crippen molar-refractivity contribution >= 4 is 22.4 Å². The molecule has 1 aromatic rings. The van der Waals surface area contributed by atoms with E-state index in [2.05, 4.69) is 11.1 Å². The highest BCUT2D eigenvalue weighted by molar-refractivity contribution is 7.15. The molecule has 0 bridgehead atoms. The number of anilines is 1. The minimum atomic E-state index is -0.786. The zero-order valence-electron chi connectivity index (χ0n) is 11.1. The molecule has 1 aliphatic rings. The van der Waals surface area contributed by atoms with Gasteiger partial charge in [0.25, 0.3) is 0 Å². The Bertz CT molecular complexity index is 520. The second-order valence-corrected chi connectivity index (χ2v) is 6.06. The second-order valence-electron chi connectivity index (χ2n) is 5.00. The first-order valence-corrected chi connectivity index (χ1v) is 7.17. The van der Waals surface area contributed by atoms with E-state index < -0.39 is 11.9 Å². The number of nitriles is 1. The molecular formula is C13H17N3O2S. The quantitative estimate of drug-likeness (QED) is 0.914. The first kappa shape index (κ1) is 13.8. The molecule has 0 fully saturated rings. The Hall–Kier alpha value is -1.61. The van der Waals surface area contributed by atoms with Gasteiger partial charge in [-0.05, 0) is 26.2 Å². The minimum absolute atomic E-state index is 0.0683. The number of carboxylic acids is 1. The molecular weight excluding hydrogens is 262 g/mol. The molecule has 19 heavy (non-hydrogen) atoms. The summed E-state index contributed by atoms with van der Waals surface area (Å²) in [5.41, 5.74) is 0.732. The van der Waals surface area contributed by atoms with Gasteiger partial charge >= 0.3 is 5.97 Å². The van der Waals surface area contributed by atoms with E-state index in [0.29, 0.717) is 13.0 Å². The highest BCUT2D eigenvalue weighted by Gasteiger charge is 2.30. The standard InChI is InChI=1S/C13H17N3O2S/c1-8(6-14)7-16(2)13-15-11-9(12(17)18)4-3-5-10(11)19-13/h8-9H,3-5,7H2,1-2H3,(H,17,18). The monoisotopic (exact) mass is 279 g/mol. The van der Waals surface area contributed by atoms with Gasteiger partial charge in [0.1, 0.15) is 5.92 Å². The van der Waals surface area contributed by atoms with Crippen LogP contribution in [0.4, 0.5) is 5.13 Å². The number of aromatic nitrogens is 1. The van der Waals surface area contributed by atoms with Crippen LogP contribution in [0.15, 0.2) is 0 Å². The Morgan fingerprint density at radius 3 is 3.11 bits per heavy atom. The maximum absolute atomic E-state index is 11.2. The van der Waals surface area contributed by atoms with Gasteiger partial charge in [-0.2, -0.15) is 5.26 Å². The predicted molar refractivity (Wildman–Crippen MR) is 73.5 cm³/mol. The van der Waals surface area contributed by atoms with Gasteiger partial charge < -0.3 is 10.0 Å². The molecule has 2 atom stereocenters. The fourth-order valence-electron chi connectivity index (χ4n) is 2.34. The lowest BCUT2D eigenvalue weighted by Gasteiger charge is -2.17. The molecule has 0 aromatic carbocycles. The summed E-state index contributed by atoms with van der Waals surface area (Å²) in [6, 6.07) is 2.20. The number of fused-ring (bicyclic) bond motifs is 1. The van der Waals surface area contributed by atoms with Crippen LogP contribution in [0.1, 0.15) is 36.3 Å². The van der Waals surface area contributed by atoms with Gasteiger partial charge in [-0.15, -0.1) is 11.3 Å². The molecule has 1 aromatic heterocycles. The fraction of sp³-hybridized carbons (Fsp3) is 0.615. The summed E-state index contributed by atoms with van der Waals surface area (Å²) >= 11 is 1.56. The Labute approximate surface area is 116 Å². The number of hydrogen-bond donors (Lipinski definition) is 1. The van der Waals surface area contributed by atoms with E-state index in [-0.39, 0.29) is 5.92 Å². The van der Waals surface area contributed by atoms with Crippen LogP contribution in [-0.4, -0.2) is 29.7 Å². The Morgan fingerprint density at radius 1 is 1.74 bits per heavy atom. The van der Waals surface area contributed by atoms with Gasteiger partial charge in [0.05, 0.1) is 17.7 Å². The van der Waals surface area contributed by atoms with Gasteiger partial charge in [0, 0.05) is 18.5 Å². The number of hydrogen-bond acceptors (Lipinski definition) is 5. The number of nitrogens with zero attached hydrogens (tertiary/aromatic N) is 3. The van der Waals surface area contributed by atoms with E-state index in [4.69, 9.17) is 5.26 Å². The molecule has 0 saturated heterocycles. The molecule has 1 N–H and O–H groups in total. The Kier molecular flexibility index (Phi) is 4.05. The molecule has 5 nitrogen and oxygen atoms in total. The van der Waals surface area contributed by atoms with Crippen molar-refractivity contribution in [1.82, 2.24) is 4.98 Å². The van der Waals surface area contributed by atoms with Crippen LogP contribution in [0.25, 0.3) is 0 Å². The van der Waals surface area contributed by atoms with E-state index in [0.717, 1.165) is 28.5 Å². The molecule has 0 aliphatic heterocycles. The second kappa shape index (κ2) is 5.57. The van der Waals surface area contributed by atoms with E-state index in [1.54, 1.807) is 11.3 Å². The molecule has 0 amide bonds. The van der Waals surface area contributed by atoms with E-state index in [1.807, 2.05) is 18.9 Å². The Balaban J connectivity index is 2.22. The molecule has 102 valence electrons. The first-order chi connectivity index (χ1) is 9.02. The van der Waals surface area contributed by atoms with Crippen molar-refractivity contribution in [2.75, 3.05) is 18.5 Å². The van der Waals surface area contributed by atoms with Gasteiger partial charge in [0.15, 0.2) is 5.13 Å². The molecule has 0 spiro atoms.